The van der Waals surface area contributed by atoms with E-state index in [1.807, 2.05) is 12.1 Å². The monoisotopic (exact) mass is 489 g/mol. The van der Waals surface area contributed by atoms with E-state index in [0.29, 0.717) is 6.61 Å². The predicted molar refractivity (Wildman–Crippen MR) is 125 cm³/mol. The molecule has 0 amide bonds. The summed E-state index contributed by atoms with van der Waals surface area (Å²) in [7, 11) is 4.02. The highest BCUT2D eigenvalue weighted by Gasteiger charge is 2.11. The van der Waals surface area contributed by atoms with Crippen molar-refractivity contribution < 1.29 is 4.74 Å². The number of guanidine groups is 1. The third-order valence-electron chi connectivity index (χ3n) is 4.66. The molecule has 2 N–H and O–H groups in total. The fourth-order valence-electron chi connectivity index (χ4n) is 3.03. The van der Waals surface area contributed by atoms with Crippen molar-refractivity contribution in [3.05, 3.63) is 29.8 Å². The molecule has 0 saturated carbocycles. The van der Waals surface area contributed by atoms with E-state index in [0.717, 1.165) is 37.8 Å². The van der Waals surface area contributed by atoms with Crippen molar-refractivity contribution in [1.82, 2.24) is 20.4 Å². The quantitative estimate of drug-likeness (QED) is 0.254. The van der Waals surface area contributed by atoms with Crippen LogP contribution < -0.4 is 15.4 Å². The van der Waals surface area contributed by atoms with Crippen molar-refractivity contribution in [3.63, 3.8) is 0 Å². The molecule has 1 saturated heterocycles. The highest BCUT2D eigenvalue weighted by Crippen LogP contribution is 2.10. The minimum absolute atomic E-state index is 0. The molecule has 27 heavy (non-hydrogen) atoms. The van der Waals surface area contributed by atoms with Crippen LogP contribution in [-0.2, 0) is 0 Å². The lowest BCUT2D eigenvalue weighted by molar-refractivity contribution is 0.273. The van der Waals surface area contributed by atoms with Gasteiger partial charge in [0.25, 0.3) is 0 Å². The molecule has 2 rings (SSSR count). The number of hydrogen-bond donors (Lipinski definition) is 2. The van der Waals surface area contributed by atoms with Gasteiger partial charge in [0.2, 0.25) is 0 Å². The molecule has 1 aliphatic rings. The van der Waals surface area contributed by atoms with E-state index in [2.05, 4.69) is 51.5 Å². The summed E-state index contributed by atoms with van der Waals surface area (Å²) in [5.74, 6) is 1.75. The standard InChI is InChI=1S/C20H35N5O.HI/c1-18-6-8-19(9-7-18)26-17-11-23-20(21-2)22-10-4-13-25-14-5-12-24(3)15-16-25;/h6-9H,4-5,10-17H2,1-3H3,(H2,21,22,23);1H. The first-order valence-electron chi connectivity index (χ1n) is 9.72. The van der Waals surface area contributed by atoms with E-state index in [-0.39, 0.29) is 24.0 Å². The van der Waals surface area contributed by atoms with Crippen molar-refractivity contribution in [2.24, 2.45) is 4.99 Å². The summed E-state index contributed by atoms with van der Waals surface area (Å²) in [6, 6.07) is 8.13. The summed E-state index contributed by atoms with van der Waals surface area (Å²) in [5.41, 5.74) is 1.24. The van der Waals surface area contributed by atoms with Crippen LogP contribution in [0.1, 0.15) is 18.4 Å². The summed E-state index contributed by atoms with van der Waals surface area (Å²) in [5, 5.41) is 6.68. The minimum Gasteiger partial charge on any atom is -0.492 e. The van der Waals surface area contributed by atoms with E-state index in [1.54, 1.807) is 7.05 Å². The molecule has 1 aromatic carbocycles. The lowest BCUT2D eigenvalue weighted by atomic mass is 10.2. The first kappa shape index (κ1) is 24.0. The van der Waals surface area contributed by atoms with Crippen LogP contribution in [0.4, 0.5) is 0 Å². The zero-order chi connectivity index (χ0) is 18.6. The number of nitrogens with one attached hydrogen (secondary N) is 2. The van der Waals surface area contributed by atoms with E-state index in [4.69, 9.17) is 4.74 Å². The molecule has 0 atom stereocenters. The summed E-state index contributed by atoms with van der Waals surface area (Å²) in [6.45, 7) is 10.3. The topological polar surface area (TPSA) is 52.1 Å². The van der Waals surface area contributed by atoms with Crippen LogP contribution in [-0.4, -0.2) is 82.3 Å². The highest BCUT2D eigenvalue weighted by molar-refractivity contribution is 14.0. The molecule has 0 unspecified atom stereocenters. The Bertz CT molecular complexity index is 538. The molecular weight excluding hydrogens is 453 g/mol. The molecule has 0 bridgehead atoms. The van der Waals surface area contributed by atoms with Gasteiger partial charge < -0.3 is 25.2 Å². The van der Waals surface area contributed by atoms with Crippen LogP contribution in [0.2, 0.25) is 0 Å². The van der Waals surface area contributed by atoms with Crippen molar-refractivity contribution in [1.29, 1.82) is 0 Å². The number of halogens is 1. The van der Waals surface area contributed by atoms with Crippen LogP contribution in [0.3, 0.4) is 0 Å². The Morgan fingerprint density at radius 3 is 2.56 bits per heavy atom. The van der Waals surface area contributed by atoms with Gasteiger partial charge in [-0.25, -0.2) is 0 Å². The molecule has 6 nitrogen and oxygen atoms in total. The van der Waals surface area contributed by atoms with E-state index < -0.39 is 0 Å². The summed E-state index contributed by atoms with van der Waals surface area (Å²) in [4.78, 5) is 9.26. The van der Waals surface area contributed by atoms with Gasteiger partial charge in [-0.2, -0.15) is 0 Å². The van der Waals surface area contributed by atoms with Gasteiger partial charge in [-0.05, 0) is 58.6 Å². The second-order valence-corrected chi connectivity index (χ2v) is 6.94. The fraction of sp³-hybridized carbons (Fsp3) is 0.650. The molecule has 0 radical (unpaired) electrons. The number of benzene rings is 1. The lowest BCUT2D eigenvalue weighted by Gasteiger charge is -2.20. The number of nitrogens with zero attached hydrogens (tertiary/aromatic N) is 3. The average Bonchev–Trinajstić information content (AvgIpc) is 2.86. The molecule has 1 fully saturated rings. The van der Waals surface area contributed by atoms with Crippen molar-refractivity contribution in [2.75, 3.05) is 66.5 Å². The Morgan fingerprint density at radius 2 is 1.81 bits per heavy atom. The van der Waals surface area contributed by atoms with Gasteiger partial charge in [-0.3, -0.25) is 4.99 Å². The van der Waals surface area contributed by atoms with Gasteiger partial charge in [0.1, 0.15) is 12.4 Å². The molecule has 0 aromatic heterocycles. The Balaban J connectivity index is 0.00000364. The summed E-state index contributed by atoms with van der Waals surface area (Å²) in [6.07, 6.45) is 2.40. The minimum atomic E-state index is 0. The number of likely N-dealkylation sites (N-methyl/N-ethyl adjacent to an activating group) is 1. The molecule has 1 aromatic rings. The van der Waals surface area contributed by atoms with Crippen LogP contribution in [0, 0.1) is 6.92 Å². The maximum Gasteiger partial charge on any atom is 0.191 e. The lowest BCUT2D eigenvalue weighted by Crippen LogP contribution is -2.40. The molecule has 0 spiro atoms. The normalized spacial score (nSPS) is 16.3. The Kier molecular flexibility index (Phi) is 12.4. The number of aliphatic imine (C=N–C) groups is 1. The highest BCUT2D eigenvalue weighted by atomic mass is 127. The predicted octanol–water partition coefficient (Wildman–Crippen LogP) is 2.18. The third-order valence-corrected chi connectivity index (χ3v) is 4.66. The SMILES string of the molecule is CN=C(NCCCN1CCCN(C)CC1)NCCOc1ccc(C)cc1.I. The zero-order valence-electron chi connectivity index (χ0n) is 17.0. The largest absolute Gasteiger partial charge is 0.492 e. The first-order chi connectivity index (χ1) is 12.7. The fourth-order valence-corrected chi connectivity index (χ4v) is 3.03. The maximum absolute atomic E-state index is 5.73. The zero-order valence-corrected chi connectivity index (χ0v) is 19.4. The summed E-state index contributed by atoms with van der Waals surface area (Å²) < 4.78 is 5.73. The smallest absolute Gasteiger partial charge is 0.191 e. The van der Waals surface area contributed by atoms with Gasteiger partial charge in [0.15, 0.2) is 5.96 Å². The van der Waals surface area contributed by atoms with Crippen LogP contribution in [0.25, 0.3) is 0 Å². The molecule has 7 heteroatoms. The van der Waals surface area contributed by atoms with Crippen LogP contribution in [0.15, 0.2) is 29.3 Å². The van der Waals surface area contributed by atoms with E-state index >= 15 is 0 Å². The molecule has 1 heterocycles. The first-order valence-corrected chi connectivity index (χ1v) is 9.72. The second kappa shape index (κ2) is 14.0. The summed E-state index contributed by atoms with van der Waals surface area (Å²) >= 11 is 0. The third kappa shape index (κ3) is 10.2. The van der Waals surface area contributed by atoms with Gasteiger partial charge in [-0.1, -0.05) is 17.7 Å². The van der Waals surface area contributed by atoms with Gasteiger partial charge >= 0.3 is 0 Å². The molecule has 154 valence electrons. The number of hydrogen-bond acceptors (Lipinski definition) is 4. The van der Waals surface area contributed by atoms with Crippen LogP contribution in [0.5, 0.6) is 5.75 Å². The van der Waals surface area contributed by atoms with E-state index in [1.165, 1.54) is 38.2 Å². The molecule has 1 aliphatic heterocycles. The maximum atomic E-state index is 5.73. The van der Waals surface area contributed by atoms with Gasteiger partial charge in [-0.15, -0.1) is 24.0 Å². The van der Waals surface area contributed by atoms with E-state index in [9.17, 15) is 0 Å². The Hall–Kier alpha value is -1.06. The van der Waals surface area contributed by atoms with Crippen LogP contribution >= 0.6 is 24.0 Å². The number of aryl methyl sites for hydroxylation is 1. The number of ether oxygens (including phenoxy) is 1. The van der Waals surface area contributed by atoms with Crippen molar-refractivity contribution in [2.45, 2.75) is 19.8 Å². The van der Waals surface area contributed by atoms with Gasteiger partial charge in [0.05, 0.1) is 6.54 Å². The number of rotatable bonds is 8. The molecule has 0 aliphatic carbocycles. The Morgan fingerprint density at radius 1 is 1.07 bits per heavy atom. The van der Waals surface area contributed by atoms with Gasteiger partial charge in [0, 0.05) is 26.7 Å². The second-order valence-electron chi connectivity index (χ2n) is 6.94. The Labute approximate surface area is 181 Å². The van der Waals surface area contributed by atoms with Crippen molar-refractivity contribution in [3.8, 4) is 5.75 Å². The average molecular weight is 489 g/mol. The molecular formula is C20H36IN5O. The van der Waals surface area contributed by atoms with Crippen molar-refractivity contribution >= 4 is 29.9 Å².